The standard InChI is InChI=1S/C17H21Cl2N3O7/c18-16(19)17(25)20-13(10-29-14(23)9-21-5-7-28-8-6-21)15(24)11-1-3-12(4-2-11)22(26)27/h1-4,13,15-16,24H,5-10H2,(H,20,25). The van der Waals surface area contributed by atoms with Crippen LogP contribution in [-0.2, 0) is 19.1 Å². The fourth-order valence-corrected chi connectivity index (χ4v) is 2.78. The molecule has 2 unspecified atom stereocenters. The lowest BCUT2D eigenvalue weighted by Gasteiger charge is -2.27. The maximum Gasteiger partial charge on any atom is 0.320 e. The predicted octanol–water partition coefficient (Wildman–Crippen LogP) is 0.792. The van der Waals surface area contributed by atoms with E-state index in [-0.39, 0.29) is 24.4 Å². The molecule has 1 amide bonds. The van der Waals surface area contributed by atoms with Gasteiger partial charge in [0.05, 0.1) is 30.7 Å². The smallest absolute Gasteiger partial charge is 0.320 e. The van der Waals surface area contributed by atoms with Gasteiger partial charge in [0, 0.05) is 25.2 Å². The summed E-state index contributed by atoms with van der Waals surface area (Å²) in [4.78, 5) is 34.6. The second kappa shape index (κ2) is 11.3. The Kier molecular flexibility index (Phi) is 9.05. The summed E-state index contributed by atoms with van der Waals surface area (Å²) in [5.74, 6) is -1.31. The van der Waals surface area contributed by atoms with Crippen molar-refractivity contribution < 1.29 is 29.1 Å². The summed E-state index contributed by atoms with van der Waals surface area (Å²) in [6.07, 6.45) is -1.32. The van der Waals surface area contributed by atoms with Gasteiger partial charge >= 0.3 is 5.97 Å². The van der Waals surface area contributed by atoms with Crippen LogP contribution >= 0.6 is 23.2 Å². The molecule has 1 aromatic rings. The van der Waals surface area contributed by atoms with Gasteiger partial charge in [-0.15, -0.1) is 0 Å². The number of hydrogen-bond donors (Lipinski definition) is 2. The maximum atomic E-state index is 12.1. The first kappa shape index (κ1) is 23.3. The Hall–Kier alpha value is -1.98. The van der Waals surface area contributed by atoms with Crippen molar-refractivity contribution in [3.8, 4) is 0 Å². The van der Waals surface area contributed by atoms with Crippen molar-refractivity contribution in [1.82, 2.24) is 10.2 Å². The third-order valence-electron chi connectivity index (χ3n) is 4.23. The van der Waals surface area contributed by atoms with Gasteiger partial charge in [0.15, 0.2) is 4.84 Å². The molecule has 1 aliphatic heterocycles. The molecule has 2 atom stereocenters. The van der Waals surface area contributed by atoms with Gasteiger partial charge in [-0.05, 0) is 17.7 Å². The van der Waals surface area contributed by atoms with Gasteiger partial charge in [-0.1, -0.05) is 23.2 Å². The van der Waals surface area contributed by atoms with Crippen LogP contribution in [0.1, 0.15) is 11.7 Å². The van der Waals surface area contributed by atoms with E-state index in [0.29, 0.717) is 26.3 Å². The van der Waals surface area contributed by atoms with Crippen molar-refractivity contribution >= 4 is 40.8 Å². The number of nitro groups is 1. The Morgan fingerprint density at radius 1 is 1.28 bits per heavy atom. The molecule has 1 aromatic carbocycles. The summed E-state index contributed by atoms with van der Waals surface area (Å²) in [5.41, 5.74) is 0.130. The quantitative estimate of drug-likeness (QED) is 0.244. The van der Waals surface area contributed by atoms with Gasteiger partial charge < -0.3 is 19.9 Å². The number of nitrogens with one attached hydrogen (secondary N) is 1. The van der Waals surface area contributed by atoms with Crippen LogP contribution in [0.3, 0.4) is 0 Å². The summed E-state index contributed by atoms with van der Waals surface area (Å²) in [5, 5.41) is 23.8. The molecule has 2 N–H and O–H groups in total. The zero-order valence-electron chi connectivity index (χ0n) is 15.3. The number of rotatable bonds is 9. The number of amides is 1. The zero-order chi connectivity index (χ0) is 21.4. The third-order valence-corrected chi connectivity index (χ3v) is 4.63. The van der Waals surface area contributed by atoms with Crippen LogP contribution in [-0.4, -0.2) is 77.1 Å². The number of ether oxygens (including phenoxy) is 2. The van der Waals surface area contributed by atoms with Crippen LogP contribution in [0.2, 0.25) is 0 Å². The minimum absolute atomic E-state index is 0.0469. The molecule has 0 bridgehead atoms. The van der Waals surface area contributed by atoms with Crippen molar-refractivity contribution in [3.63, 3.8) is 0 Å². The molecule has 1 fully saturated rings. The molecule has 12 heteroatoms. The highest BCUT2D eigenvalue weighted by atomic mass is 35.5. The number of non-ortho nitro benzene ring substituents is 1. The first-order valence-electron chi connectivity index (χ1n) is 8.74. The van der Waals surface area contributed by atoms with Crippen LogP contribution < -0.4 is 5.32 Å². The lowest BCUT2D eigenvalue weighted by atomic mass is 10.0. The van der Waals surface area contributed by atoms with Gasteiger partial charge in [0.2, 0.25) is 0 Å². The zero-order valence-corrected chi connectivity index (χ0v) is 16.8. The van der Waals surface area contributed by atoms with E-state index in [9.17, 15) is 24.8 Å². The highest BCUT2D eigenvalue weighted by molar-refractivity contribution is 6.53. The van der Waals surface area contributed by atoms with Crippen molar-refractivity contribution in [1.29, 1.82) is 0 Å². The lowest BCUT2D eigenvalue weighted by molar-refractivity contribution is -0.384. The number of aliphatic hydroxyl groups is 1. The van der Waals surface area contributed by atoms with E-state index in [2.05, 4.69) is 5.32 Å². The molecule has 0 saturated carbocycles. The normalized spacial score (nSPS) is 16.8. The number of hydrogen-bond acceptors (Lipinski definition) is 8. The number of alkyl halides is 2. The van der Waals surface area contributed by atoms with E-state index < -0.39 is 33.8 Å². The van der Waals surface area contributed by atoms with Gasteiger partial charge in [-0.3, -0.25) is 24.6 Å². The Balaban J connectivity index is 2.01. The molecule has 0 spiro atoms. The fraction of sp³-hybridized carbons (Fsp3) is 0.529. The third kappa shape index (κ3) is 7.41. The highest BCUT2D eigenvalue weighted by Crippen LogP contribution is 2.21. The molecule has 0 aromatic heterocycles. The number of aliphatic hydroxyl groups excluding tert-OH is 1. The topological polar surface area (TPSA) is 131 Å². The molecular formula is C17H21Cl2N3O7. The minimum Gasteiger partial charge on any atom is -0.462 e. The molecule has 0 aliphatic carbocycles. The monoisotopic (exact) mass is 449 g/mol. The molecule has 1 heterocycles. The SMILES string of the molecule is O=C(CN1CCOCC1)OCC(NC(=O)C(Cl)Cl)C(O)c1ccc([N+](=O)[O-])cc1. The van der Waals surface area contributed by atoms with Crippen LogP contribution in [0.25, 0.3) is 0 Å². The van der Waals surface area contributed by atoms with E-state index in [0.717, 1.165) is 0 Å². The average Bonchev–Trinajstić information content (AvgIpc) is 2.71. The number of nitro benzene ring substituents is 1. The number of benzene rings is 1. The fourth-order valence-electron chi connectivity index (χ4n) is 2.65. The van der Waals surface area contributed by atoms with E-state index in [1.807, 2.05) is 4.90 Å². The van der Waals surface area contributed by atoms with E-state index in [1.165, 1.54) is 24.3 Å². The number of nitrogens with zero attached hydrogens (tertiary/aromatic N) is 2. The van der Waals surface area contributed by atoms with Crippen LogP contribution in [0.4, 0.5) is 5.69 Å². The molecule has 2 rings (SSSR count). The molecular weight excluding hydrogens is 429 g/mol. The number of esters is 1. The van der Waals surface area contributed by atoms with Crippen molar-refractivity contribution in [3.05, 3.63) is 39.9 Å². The highest BCUT2D eigenvalue weighted by Gasteiger charge is 2.27. The summed E-state index contributed by atoms with van der Waals surface area (Å²) < 4.78 is 10.4. The van der Waals surface area contributed by atoms with Gasteiger partial charge in [0.25, 0.3) is 11.6 Å². The maximum absolute atomic E-state index is 12.1. The van der Waals surface area contributed by atoms with Gasteiger partial charge in [0.1, 0.15) is 12.7 Å². The molecule has 0 radical (unpaired) electrons. The molecule has 1 aliphatic rings. The Bertz CT molecular complexity index is 711. The summed E-state index contributed by atoms with van der Waals surface area (Å²) in [7, 11) is 0. The molecule has 1 saturated heterocycles. The molecule has 10 nitrogen and oxygen atoms in total. The van der Waals surface area contributed by atoms with Gasteiger partial charge in [-0.25, -0.2) is 0 Å². The summed E-state index contributed by atoms with van der Waals surface area (Å²) >= 11 is 11.1. The van der Waals surface area contributed by atoms with E-state index in [1.54, 1.807) is 0 Å². The van der Waals surface area contributed by atoms with Crippen molar-refractivity contribution in [2.45, 2.75) is 17.0 Å². The summed E-state index contributed by atoms with van der Waals surface area (Å²) in [6, 6.07) is 4.06. The first-order chi connectivity index (χ1) is 13.8. The Labute approximate surface area is 176 Å². The van der Waals surface area contributed by atoms with Crippen molar-refractivity contribution in [2.75, 3.05) is 39.5 Å². The number of morpholine rings is 1. The Morgan fingerprint density at radius 2 is 1.90 bits per heavy atom. The number of halogens is 2. The second-order valence-electron chi connectivity index (χ2n) is 6.28. The predicted molar refractivity (Wildman–Crippen MR) is 104 cm³/mol. The Morgan fingerprint density at radius 3 is 2.45 bits per heavy atom. The summed E-state index contributed by atoms with van der Waals surface area (Å²) in [6.45, 7) is 1.95. The minimum atomic E-state index is -1.38. The average molecular weight is 450 g/mol. The lowest BCUT2D eigenvalue weighted by Crippen LogP contribution is -2.46. The molecule has 29 heavy (non-hydrogen) atoms. The van der Waals surface area contributed by atoms with Crippen LogP contribution in [0.5, 0.6) is 0 Å². The van der Waals surface area contributed by atoms with Gasteiger partial charge in [-0.2, -0.15) is 0 Å². The first-order valence-corrected chi connectivity index (χ1v) is 9.62. The van der Waals surface area contributed by atoms with E-state index in [4.69, 9.17) is 32.7 Å². The van der Waals surface area contributed by atoms with Crippen molar-refractivity contribution in [2.24, 2.45) is 0 Å². The molecule has 160 valence electrons. The van der Waals surface area contributed by atoms with Crippen LogP contribution in [0, 0.1) is 10.1 Å². The number of carbonyl (C=O) groups is 2. The largest absolute Gasteiger partial charge is 0.462 e. The van der Waals surface area contributed by atoms with E-state index >= 15 is 0 Å². The second-order valence-corrected chi connectivity index (χ2v) is 7.38. The van der Waals surface area contributed by atoms with Crippen LogP contribution in [0.15, 0.2) is 24.3 Å². The number of carbonyl (C=O) groups excluding carboxylic acids is 2.